The predicted octanol–water partition coefficient (Wildman–Crippen LogP) is -1.91. The van der Waals surface area contributed by atoms with E-state index in [1.807, 2.05) is 19.1 Å². The van der Waals surface area contributed by atoms with Crippen LogP contribution >= 0.6 is 11.6 Å². The fourth-order valence-corrected chi connectivity index (χ4v) is 0.888. The first kappa shape index (κ1) is 15.6. The molecule has 1 atom stereocenters. The summed E-state index contributed by atoms with van der Waals surface area (Å²) in [6.07, 6.45) is 5.08. The monoisotopic (exact) mass is 214 g/mol. The van der Waals surface area contributed by atoms with Gasteiger partial charge in [-0.3, -0.25) is 0 Å². The van der Waals surface area contributed by atoms with E-state index in [9.17, 15) is 9.90 Å². The van der Waals surface area contributed by atoms with E-state index in [1.54, 1.807) is 0 Å². The van der Waals surface area contributed by atoms with Gasteiger partial charge in [-0.15, -0.1) is 11.6 Å². The van der Waals surface area contributed by atoms with Gasteiger partial charge in [-0.2, -0.15) is 0 Å². The third-order valence-electron chi connectivity index (χ3n) is 1.29. The van der Waals surface area contributed by atoms with Crippen molar-refractivity contribution in [1.82, 2.24) is 0 Å². The van der Waals surface area contributed by atoms with Gasteiger partial charge in [0.15, 0.2) is 0 Å². The second kappa shape index (κ2) is 10.2. The van der Waals surface area contributed by atoms with Gasteiger partial charge in [0, 0.05) is 11.3 Å². The molecule has 0 heterocycles. The summed E-state index contributed by atoms with van der Waals surface area (Å²) in [7, 11) is 0. The molecule has 4 heteroatoms. The Kier molecular flexibility index (Phi) is 13.3. The molecule has 0 aliphatic rings. The third-order valence-corrected chi connectivity index (χ3v) is 1.69. The molecule has 0 amide bonds. The topological polar surface area (TPSA) is 40.1 Å². The van der Waals surface area contributed by atoms with E-state index in [0.717, 1.165) is 6.42 Å². The molecule has 0 aromatic carbocycles. The molecular formula is C8H12ClKO2. The number of alkyl halides is 1. The fourth-order valence-electron chi connectivity index (χ4n) is 0.676. The van der Waals surface area contributed by atoms with Crippen molar-refractivity contribution in [2.75, 3.05) is 0 Å². The minimum atomic E-state index is -1.03. The van der Waals surface area contributed by atoms with Crippen LogP contribution < -0.4 is 56.5 Å². The number of aliphatic carboxylic acids is 1. The summed E-state index contributed by atoms with van der Waals surface area (Å²) >= 11 is 5.76. The summed E-state index contributed by atoms with van der Waals surface area (Å²) in [6, 6.07) is 0. The van der Waals surface area contributed by atoms with Gasteiger partial charge in [0.2, 0.25) is 0 Å². The Hall–Kier alpha value is 1.14. The predicted molar refractivity (Wildman–Crippen MR) is 43.3 cm³/mol. The van der Waals surface area contributed by atoms with Crippen LogP contribution in [-0.2, 0) is 4.79 Å². The Balaban J connectivity index is 0. The maximum Gasteiger partial charge on any atom is 1.00 e. The molecule has 0 spiro atoms. The Morgan fingerprint density at radius 3 is 2.67 bits per heavy atom. The number of carboxylic acids is 1. The van der Waals surface area contributed by atoms with Crippen molar-refractivity contribution in [3.63, 3.8) is 0 Å². The number of hydrogen-bond acceptors (Lipinski definition) is 2. The summed E-state index contributed by atoms with van der Waals surface area (Å²) in [5.74, 6) is -1.03. The Morgan fingerprint density at radius 1 is 1.67 bits per heavy atom. The molecule has 0 aliphatic heterocycles. The Morgan fingerprint density at radius 2 is 2.25 bits per heavy atom. The Labute approximate surface area is 121 Å². The van der Waals surface area contributed by atoms with Crippen LogP contribution in [0.3, 0.4) is 0 Å². The van der Waals surface area contributed by atoms with Crippen LogP contribution in [0.4, 0.5) is 0 Å². The van der Waals surface area contributed by atoms with E-state index in [1.165, 1.54) is 0 Å². The van der Waals surface area contributed by atoms with Crippen LogP contribution in [0.15, 0.2) is 12.2 Å². The van der Waals surface area contributed by atoms with Crippen molar-refractivity contribution >= 4 is 17.6 Å². The first-order valence-electron chi connectivity index (χ1n) is 3.62. The second-order valence-corrected chi connectivity index (χ2v) is 2.93. The maximum atomic E-state index is 9.99. The molecule has 64 valence electrons. The van der Waals surface area contributed by atoms with Gasteiger partial charge in [-0.25, -0.2) is 0 Å². The van der Waals surface area contributed by atoms with Crippen molar-refractivity contribution in [3.05, 3.63) is 12.2 Å². The first-order valence-corrected chi connectivity index (χ1v) is 4.05. The van der Waals surface area contributed by atoms with Crippen LogP contribution in [0.2, 0.25) is 0 Å². The van der Waals surface area contributed by atoms with Crippen LogP contribution in [0.25, 0.3) is 0 Å². The molecule has 0 rings (SSSR count). The maximum absolute atomic E-state index is 9.99. The molecule has 0 saturated heterocycles. The molecule has 2 nitrogen and oxygen atoms in total. The molecule has 0 fully saturated rings. The Bertz CT molecular complexity index is 148. The van der Waals surface area contributed by atoms with Gasteiger partial charge < -0.3 is 9.90 Å². The quantitative estimate of drug-likeness (QED) is 0.305. The minimum Gasteiger partial charge on any atom is -0.550 e. The molecule has 0 aromatic rings. The van der Waals surface area contributed by atoms with Crippen molar-refractivity contribution in [1.29, 1.82) is 0 Å². The van der Waals surface area contributed by atoms with E-state index >= 15 is 0 Å². The SMILES string of the molecule is C/C=C/CC(Cl)CCC(=O)[O-].[K+]. The molecule has 0 N–H and O–H groups in total. The first-order chi connectivity index (χ1) is 5.16. The number of carbonyl (C=O) groups is 1. The minimum absolute atomic E-state index is 0. The average Bonchev–Trinajstić information content (AvgIpc) is 1.97. The smallest absolute Gasteiger partial charge is 0.550 e. The molecule has 0 bridgehead atoms. The molecule has 0 aromatic heterocycles. The summed E-state index contributed by atoms with van der Waals surface area (Å²) in [6.45, 7) is 1.91. The number of hydrogen-bond donors (Lipinski definition) is 0. The van der Waals surface area contributed by atoms with Crippen molar-refractivity contribution in [3.8, 4) is 0 Å². The molecule has 1 unspecified atom stereocenters. The van der Waals surface area contributed by atoms with Gasteiger partial charge in [-0.05, 0) is 26.2 Å². The fraction of sp³-hybridized carbons (Fsp3) is 0.625. The molecule has 0 aliphatic carbocycles. The number of rotatable bonds is 5. The van der Waals surface area contributed by atoms with Crippen LogP contribution in [-0.4, -0.2) is 11.3 Å². The van der Waals surface area contributed by atoms with E-state index in [0.29, 0.717) is 6.42 Å². The average molecular weight is 215 g/mol. The number of carboxylic acid groups (broad SMARTS) is 1. The largest absolute Gasteiger partial charge is 1.00 e. The summed E-state index contributed by atoms with van der Waals surface area (Å²) in [5.41, 5.74) is 0. The molecule has 12 heavy (non-hydrogen) atoms. The van der Waals surface area contributed by atoms with E-state index in [2.05, 4.69) is 0 Å². The van der Waals surface area contributed by atoms with Crippen molar-refractivity contribution in [2.45, 2.75) is 31.6 Å². The van der Waals surface area contributed by atoms with E-state index in [4.69, 9.17) is 11.6 Å². The van der Waals surface area contributed by atoms with Crippen molar-refractivity contribution in [2.24, 2.45) is 0 Å². The van der Waals surface area contributed by atoms with Gasteiger partial charge >= 0.3 is 51.4 Å². The molecule has 0 radical (unpaired) electrons. The van der Waals surface area contributed by atoms with Crippen LogP contribution in [0.1, 0.15) is 26.2 Å². The zero-order valence-corrected chi connectivity index (χ0v) is 11.4. The molecule has 0 saturated carbocycles. The number of carbonyl (C=O) groups excluding carboxylic acids is 1. The summed E-state index contributed by atoms with van der Waals surface area (Å²) < 4.78 is 0. The van der Waals surface area contributed by atoms with Gasteiger partial charge in [0.25, 0.3) is 0 Å². The zero-order valence-electron chi connectivity index (χ0n) is 7.55. The van der Waals surface area contributed by atoms with Crippen LogP contribution in [0, 0.1) is 0 Å². The number of allylic oxidation sites excluding steroid dienone is 2. The molecular weight excluding hydrogens is 203 g/mol. The van der Waals surface area contributed by atoms with E-state index < -0.39 is 5.97 Å². The standard InChI is InChI=1S/C8H13ClO2.K/c1-2-3-4-7(9)5-6-8(10)11;/h2-3,7H,4-6H2,1H3,(H,10,11);/q;+1/p-1/b3-2+;. The summed E-state index contributed by atoms with van der Waals surface area (Å²) in [5, 5.41) is 9.91. The van der Waals surface area contributed by atoms with E-state index in [-0.39, 0.29) is 63.2 Å². The van der Waals surface area contributed by atoms with Gasteiger partial charge in [0.05, 0.1) is 0 Å². The third kappa shape index (κ3) is 11.1. The van der Waals surface area contributed by atoms with Gasteiger partial charge in [-0.1, -0.05) is 12.2 Å². The zero-order chi connectivity index (χ0) is 8.69. The summed E-state index contributed by atoms with van der Waals surface area (Å²) in [4.78, 5) is 9.99. The van der Waals surface area contributed by atoms with Crippen LogP contribution in [0.5, 0.6) is 0 Å². The number of halogens is 1. The van der Waals surface area contributed by atoms with Gasteiger partial charge in [0.1, 0.15) is 0 Å². The normalized spacial score (nSPS) is 12.5. The van der Waals surface area contributed by atoms with Crippen molar-refractivity contribution < 1.29 is 61.3 Å². The second-order valence-electron chi connectivity index (χ2n) is 2.31.